The lowest BCUT2D eigenvalue weighted by atomic mass is 10.2. The minimum absolute atomic E-state index is 0. The third kappa shape index (κ3) is 7.76. The molecule has 0 aromatic heterocycles. The number of halogens is 4. The first kappa shape index (κ1) is 21.8. The van der Waals surface area contributed by atoms with Crippen molar-refractivity contribution in [1.29, 1.82) is 0 Å². The molecule has 0 spiro atoms. The van der Waals surface area contributed by atoms with Gasteiger partial charge in [0.1, 0.15) is 11.6 Å². The summed E-state index contributed by atoms with van der Waals surface area (Å²) in [6.07, 6.45) is 0.893. The number of aliphatic imine (C=N–C) groups is 1. The van der Waals surface area contributed by atoms with Gasteiger partial charge in [-0.15, -0.1) is 24.0 Å². The molecule has 1 rings (SSSR count). The van der Waals surface area contributed by atoms with Gasteiger partial charge in [-0.2, -0.15) is 8.78 Å². The third-order valence-electron chi connectivity index (χ3n) is 3.03. The Balaban J connectivity index is 0.00000484. The third-order valence-corrected chi connectivity index (χ3v) is 3.03. The molecule has 1 unspecified atom stereocenters. The Kier molecular flexibility index (Phi) is 10.8. The Morgan fingerprint density at radius 3 is 2.57 bits per heavy atom. The molecule has 8 heteroatoms. The van der Waals surface area contributed by atoms with Crippen molar-refractivity contribution in [1.82, 2.24) is 10.6 Å². The van der Waals surface area contributed by atoms with Gasteiger partial charge in [-0.1, -0.05) is 13.0 Å². The lowest BCUT2D eigenvalue weighted by Gasteiger charge is -2.16. The van der Waals surface area contributed by atoms with Crippen LogP contribution < -0.4 is 15.4 Å². The predicted molar refractivity (Wildman–Crippen MR) is 96.2 cm³/mol. The van der Waals surface area contributed by atoms with Gasteiger partial charge in [0.05, 0.1) is 12.1 Å². The van der Waals surface area contributed by atoms with Crippen LogP contribution in [0.1, 0.15) is 32.8 Å². The molecule has 4 nitrogen and oxygen atoms in total. The van der Waals surface area contributed by atoms with Gasteiger partial charge in [-0.05, 0) is 32.4 Å². The average molecular weight is 445 g/mol. The fourth-order valence-corrected chi connectivity index (χ4v) is 1.71. The summed E-state index contributed by atoms with van der Waals surface area (Å²) in [6, 6.07) is 4.01. The Bertz CT molecular complexity index is 501. The Morgan fingerprint density at radius 2 is 2.00 bits per heavy atom. The zero-order valence-corrected chi connectivity index (χ0v) is 15.7. The predicted octanol–water partition coefficient (Wildman–Crippen LogP) is 3.90. The summed E-state index contributed by atoms with van der Waals surface area (Å²) in [5, 5.41) is 6.17. The minimum Gasteiger partial charge on any atom is -0.434 e. The van der Waals surface area contributed by atoms with Gasteiger partial charge in [0.2, 0.25) is 0 Å². The number of nitrogens with one attached hydrogen (secondary N) is 2. The maximum absolute atomic E-state index is 13.8. The highest BCUT2D eigenvalue weighted by Gasteiger charge is 2.13. The van der Waals surface area contributed by atoms with Gasteiger partial charge in [0.25, 0.3) is 0 Å². The molecule has 0 radical (unpaired) electrons. The van der Waals surface area contributed by atoms with E-state index in [4.69, 9.17) is 0 Å². The van der Waals surface area contributed by atoms with E-state index >= 15 is 0 Å². The molecule has 0 fully saturated rings. The van der Waals surface area contributed by atoms with E-state index < -0.39 is 12.4 Å². The molecule has 0 heterocycles. The van der Waals surface area contributed by atoms with E-state index in [0.29, 0.717) is 12.5 Å². The zero-order valence-electron chi connectivity index (χ0n) is 13.4. The fourth-order valence-electron chi connectivity index (χ4n) is 1.71. The molecule has 0 saturated carbocycles. The number of guanidine groups is 1. The zero-order chi connectivity index (χ0) is 16.5. The molecule has 2 N–H and O–H groups in total. The summed E-state index contributed by atoms with van der Waals surface area (Å²) >= 11 is 0. The molecule has 0 saturated heterocycles. The molecule has 1 atom stereocenters. The van der Waals surface area contributed by atoms with Crippen LogP contribution in [0.4, 0.5) is 13.2 Å². The van der Waals surface area contributed by atoms with Gasteiger partial charge >= 0.3 is 6.61 Å². The average Bonchev–Trinajstić information content (AvgIpc) is 2.46. The summed E-state index contributed by atoms with van der Waals surface area (Å²) in [5.41, 5.74) is 0.00385. The van der Waals surface area contributed by atoms with Crippen LogP contribution in [0.3, 0.4) is 0 Å². The van der Waals surface area contributed by atoms with Crippen molar-refractivity contribution >= 4 is 29.9 Å². The second kappa shape index (κ2) is 11.4. The van der Waals surface area contributed by atoms with E-state index in [9.17, 15) is 13.2 Å². The molecular weight excluding hydrogens is 422 g/mol. The smallest absolute Gasteiger partial charge is 0.387 e. The van der Waals surface area contributed by atoms with Crippen LogP contribution in [0, 0.1) is 5.82 Å². The Morgan fingerprint density at radius 1 is 1.30 bits per heavy atom. The van der Waals surface area contributed by atoms with Crippen LogP contribution in [-0.2, 0) is 6.54 Å². The second-order valence-electron chi connectivity index (χ2n) is 4.74. The molecule has 1 aromatic carbocycles. The van der Waals surface area contributed by atoms with Gasteiger partial charge < -0.3 is 15.4 Å². The maximum atomic E-state index is 13.8. The molecule has 0 aliphatic carbocycles. The normalized spacial score (nSPS) is 12.6. The van der Waals surface area contributed by atoms with Crippen LogP contribution in [-0.4, -0.2) is 25.2 Å². The van der Waals surface area contributed by atoms with Crippen LogP contribution >= 0.6 is 24.0 Å². The van der Waals surface area contributed by atoms with Crippen molar-refractivity contribution in [3.05, 3.63) is 29.6 Å². The van der Waals surface area contributed by atoms with E-state index in [1.165, 1.54) is 18.2 Å². The number of hydrogen-bond donors (Lipinski definition) is 2. The molecule has 0 bridgehead atoms. The van der Waals surface area contributed by atoms with Gasteiger partial charge in [0.15, 0.2) is 5.96 Å². The highest BCUT2D eigenvalue weighted by molar-refractivity contribution is 14.0. The number of ether oxygens (including phenoxy) is 1. The maximum Gasteiger partial charge on any atom is 0.387 e. The highest BCUT2D eigenvalue weighted by Crippen LogP contribution is 2.24. The molecule has 1 aromatic rings. The molecule has 132 valence electrons. The van der Waals surface area contributed by atoms with Crippen molar-refractivity contribution in [2.24, 2.45) is 4.99 Å². The van der Waals surface area contributed by atoms with Crippen LogP contribution in [0.25, 0.3) is 0 Å². The second-order valence-corrected chi connectivity index (χ2v) is 4.74. The van der Waals surface area contributed by atoms with E-state index in [2.05, 4.69) is 20.4 Å². The summed E-state index contributed by atoms with van der Waals surface area (Å²) in [5.74, 6) is -0.317. The summed E-state index contributed by atoms with van der Waals surface area (Å²) in [4.78, 5) is 4.23. The Labute approximate surface area is 151 Å². The molecule has 0 aliphatic heterocycles. The first-order valence-corrected chi connectivity index (χ1v) is 7.24. The van der Waals surface area contributed by atoms with Crippen molar-refractivity contribution < 1.29 is 17.9 Å². The number of rotatable bonds is 7. The van der Waals surface area contributed by atoms with Crippen molar-refractivity contribution in [3.8, 4) is 5.75 Å². The lowest BCUT2D eigenvalue weighted by molar-refractivity contribution is -0.0506. The van der Waals surface area contributed by atoms with Gasteiger partial charge in [0, 0.05) is 12.6 Å². The number of hydrogen-bond acceptors (Lipinski definition) is 2. The van der Waals surface area contributed by atoms with Crippen molar-refractivity contribution in [2.75, 3.05) is 6.54 Å². The van der Waals surface area contributed by atoms with E-state index in [1.807, 2.05) is 20.8 Å². The van der Waals surface area contributed by atoms with Crippen molar-refractivity contribution in [3.63, 3.8) is 0 Å². The molecule has 23 heavy (non-hydrogen) atoms. The number of benzene rings is 1. The van der Waals surface area contributed by atoms with Gasteiger partial charge in [-0.3, -0.25) is 0 Å². The van der Waals surface area contributed by atoms with Crippen LogP contribution in [0.5, 0.6) is 5.75 Å². The summed E-state index contributed by atoms with van der Waals surface area (Å²) in [6.45, 7) is 3.45. The first-order valence-electron chi connectivity index (χ1n) is 7.24. The monoisotopic (exact) mass is 445 g/mol. The van der Waals surface area contributed by atoms with E-state index in [0.717, 1.165) is 6.42 Å². The fraction of sp³-hybridized carbons (Fsp3) is 0.533. The van der Waals surface area contributed by atoms with Crippen LogP contribution in [0.15, 0.2) is 23.2 Å². The summed E-state index contributed by atoms with van der Waals surface area (Å²) in [7, 11) is 0. The van der Waals surface area contributed by atoms with Gasteiger partial charge in [-0.25, -0.2) is 9.38 Å². The largest absolute Gasteiger partial charge is 0.434 e. The highest BCUT2D eigenvalue weighted by atomic mass is 127. The number of alkyl halides is 2. The van der Waals surface area contributed by atoms with Crippen molar-refractivity contribution in [2.45, 2.75) is 46.4 Å². The standard InChI is InChI=1S/C15H22F3N3O.HI/c1-4-10(3)21-15(19-5-2)20-9-11-12(16)7-6-8-13(11)22-14(17)18;/h6-8,10,14H,4-5,9H2,1-3H3,(H2,19,20,21);1H. The quantitative estimate of drug-likeness (QED) is 0.380. The molecule has 0 amide bonds. The SMILES string of the molecule is CCNC(=NCc1c(F)cccc1OC(F)F)NC(C)CC.I. The van der Waals surface area contributed by atoms with E-state index in [-0.39, 0.29) is 47.9 Å². The molecule has 0 aliphatic rings. The number of nitrogens with zero attached hydrogens (tertiary/aromatic N) is 1. The lowest BCUT2D eigenvalue weighted by Crippen LogP contribution is -2.41. The molecular formula is C15H23F3IN3O. The minimum atomic E-state index is -3.00. The summed E-state index contributed by atoms with van der Waals surface area (Å²) < 4.78 is 42.9. The Hall–Kier alpha value is -1.19. The van der Waals surface area contributed by atoms with E-state index in [1.54, 1.807) is 0 Å². The van der Waals surface area contributed by atoms with Crippen LogP contribution in [0.2, 0.25) is 0 Å². The first-order chi connectivity index (χ1) is 10.5. The topological polar surface area (TPSA) is 45.7 Å².